The zero-order valence-corrected chi connectivity index (χ0v) is 18.8. The summed E-state index contributed by atoms with van der Waals surface area (Å²) < 4.78 is 8.27. The Labute approximate surface area is 194 Å². The normalized spacial score (nSPS) is 11.8. The Hall–Kier alpha value is -3.80. The first-order valence-electron chi connectivity index (χ1n) is 10.2. The molecule has 0 fully saturated rings. The van der Waals surface area contributed by atoms with Crippen molar-refractivity contribution < 1.29 is 9.53 Å². The maximum atomic E-state index is 13.2. The Morgan fingerprint density at radius 2 is 2.00 bits per heavy atom. The number of aryl methyl sites for hydroxylation is 2. The molecule has 0 aliphatic carbocycles. The van der Waals surface area contributed by atoms with Crippen LogP contribution >= 0.6 is 11.6 Å². The number of pyridine rings is 2. The summed E-state index contributed by atoms with van der Waals surface area (Å²) in [5.41, 5.74) is 1.95. The van der Waals surface area contributed by atoms with E-state index < -0.39 is 5.91 Å². The Kier molecular flexibility index (Phi) is 6.36. The monoisotopic (exact) mass is 461 g/mol. The highest BCUT2D eigenvalue weighted by molar-refractivity contribution is 6.30. The fourth-order valence-electron chi connectivity index (χ4n) is 3.62. The molecule has 0 unspecified atom stereocenters. The zero-order chi connectivity index (χ0) is 23.5. The van der Waals surface area contributed by atoms with Crippen molar-refractivity contribution >= 4 is 34.2 Å². The van der Waals surface area contributed by atoms with Crippen LogP contribution in [0.25, 0.3) is 16.7 Å². The highest BCUT2D eigenvalue weighted by Gasteiger charge is 2.16. The number of fused-ring (bicyclic) bond motifs is 2. The summed E-state index contributed by atoms with van der Waals surface area (Å²) in [6.45, 7) is 2.66. The van der Waals surface area contributed by atoms with Crippen molar-refractivity contribution in [3.8, 4) is 6.07 Å². The second-order valence-electron chi connectivity index (χ2n) is 7.45. The average Bonchev–Trinajstić information content (AvgIpc) is 2.81. The first-order valence-corrected chi connectivity index (χ1v) is 10.6. The first-order chi connectivity index (χ1) is 15.9. The summed E-state index contributed by atoms with van der Waals surface area (Å²) in [6, 6.07) is 13.5. The van der Waals surface area contributed by atoms with Gasteiger partial charge in [0.25, 0.3) is 11.5 Å². The summed E-state index contributed by atoms with van der Waals surface area (Å²) in [5.74, 6) is -0.531. The molecule has 1 amide bonds. The van der Waals surface area contributed by atoms with E-state index in [0.717, 1.165) is 5.56 Å². The molecule has 33 heavy (non-hydrogen) atoms. The van der Waals surface area contributed by atoms with Gasteiger partial charge in [0.15, 0.2) is 5.49 Å². The van der Waals surface area contributed by atoms with E-state index in [1.165, 1.54) is 10.5 Å². The second-order valence-corrected chi connectivity index (χ2v) is 7.89. The number of rotatable bonds is 5. The predicted octanol–water partition coefficient (Wildman–Crippen LogP) is 3.26. The SMILES string of the molecule is COCCCn1c(=NC(=O)c2ccc(Cl)cc2)c(C#N)cc2c(=O)n3cccc(C)c3nc21. The smallest absolute Gasteiger partial charge is 0.278 e. The van der Waals surface area contributed by atoms with Crippen LogP contribution in [0.5, 0.6) is 0 Å². The molecule has 8 nitrogen and oxygen atoms in total. The van der Waals surface area contributed by atoms with Crippen LogP contribution in [0, 0.1) is 18.3 Å². The fraction of sp³-hybridized carbons (Fsp3) is 0.208. The van der Waals surface area contributed by atoms with Crippen LogP contribution in [0.2, 0.25) is 5.02 Å². The van der Waals surface area contributed by atoms with Gasteiger partial charge in [0, 0.05) is 37.0 Å². The van der Waals surface area contributed by atoms with Gasteiger partial charge in [-0.05, 0) is 55.3 Å². The molecule has 0 spiro atoms. The van der Waals surface area contributed by atoms with Gasteiger partial charge >= 0.3 is 0 Å². The van der Waals surface area contributed by atoms with E-state index in [9.17, 15) is 14.9 Å². The van der Waals surface area contributed by atoms with Crippen molar-refractivity contribution in [3.05, 3.63) is 86.2 Å². The van der Waals surface area contributed by atoms with E-state index in [-0.39, 0.29) is 22.0 Å². The van der Waals surface area contributed by atoms with Crippen LogP contribution in [0.15, 0.2) is 58.4 Å². The topological polar surface area (TPSA) is 102 Å². The summed E-state index contributed by atoms with van der Waals surface area (Å²) in [5, 5.41) is 10.6. The lowest BCUT2D eigenvalue weighted by Gasteiger charge is -2.14. The fourth-order valence-corrected chi connectivity index (χ4v) is 3.75. The molecular weight excluding hydrogens is 442 g/mol. The summed E-state index contributed by atoms with van der Waals surface area (Å²) in [6.07, 6.45) is 2.21. The molecular formula is C24H20ClN5O3. The van der Waals surface area contributed by atoms with Crippen molar-refractivity contribution in [2.24, 2.45) is 4.99 Å². The van der Waals surface area contributed by atoms with Crippen LogP contribution < -0.4 is 11.0 Å². The van der Waals surface area contributed by atoms with E-state index in [1.54, 1.807) is 48.2 Å². The summed E-state index contributed by atoms with van der Waals surface area (Å²) in [7, 11) is 1.59. The molecule has 0 saturated heterocycles. The van der Waals surface area contributed by atoms with Crippen LogP contribution in [-0.4, -0.2) is 33.6 Å². The summed E-state index contributed by atoms with van der Waals surface area (Å²) >= 11 is 5.92. The van der Waals surface area contributed by atoms with Crippen LogP contribution in [0.1, 0.15) is 27.9 Å². The number of carbonyl (C=O) groups excluding carboxylic acids is 1. The number of hydrogen-bond acceptors (Lipinski definition) is 5. The predicted molar refractivity (Wildman–Crippen MR) is 124 cm³/mol. The highest BCUT2D eigenvalue weighted by Crippen LogP contribution is 2.14. The molecule has 166 valence electrons. The van der Waals surface area contributed by atoms with E-state index in [2.05, 4.69) is 11.1 Å². The number of ether oxygens (including phenoxy) is 1. The largest absolute Gasteiger partial charge is 0.385 e. The molecule has 4 rings (SSSR count). The Balaban J connectivity index is 2.06. The first kappa shape index (κ1) is 22.4. The van der Waals surface area contributed by atoms with Crippen molar-refractivity contribution in [2.45, 2.75) is 19.9 Å². The average molecular weight is 462 g/mol. The van der Waals surface area contributed by atoms with Gasteiger partial charge in [0.05, 0.1) is 10.9 Å². The van der Waals surface area contributed by atoms with Crippen LogP contribution in [0.4, 0.5) is 0 Å². The molecule has 1 aromatic carbocycles. The lowest BCUT2D eigenvalue weighted by molar-refractivity contribution is 0.0997. The molecule has 3 heterocycles. The number of aromatic nitrogens is 3. The number of nitriles is 1. The molecule has 4 aromatic rings. The van der Waals surface area contributed by atoms with Gasteiger partial charge in [-0.25, -0.2) is 4.98 Å². The van der Waals surface area contributed by atoms with Crippen molar-refractivity contribution in [2.75, 3.05) is 13.7 Å². The van der Waals surface area contributed by atoms with Crippen LogP contribution in [0.3, 0.4) is 0 Å². The summed E-state index contributed by atoms with van der Waals surface area (Å²) in [4.78, 5) is 35.1. The number of halogens is 1. The third-order valence-electron chi connectivity index (χ3n) is 5.25. The van der Waals surface area contributed by atoms with E-state index >= 15 is 0 Å². The second kappa shape index (κ2) is 9.36. The van der Waals surface area contributed by atoms with E-state index in [1.807, 2.05) is 13.0 Å². The number of amides is 1. The van der Waals surface area contributed by atoms with E-state index in [0.29, 0.717) is 41.5 Å². The molecule has 9 heteroatoms. The minimum Gasteiger partial charge on any atom is -0.385 e. The quantitative estimate of drug-likeness (QED) is 0.335. The maximum Gasteiger partial charge on any atom is 0.278 e. The number of nitrogens with zero attached hydrogens (tertiary/aromatic N) is 5. The Morgan fingerprint density at radius 3 is 2.70 bits per heavy atom. The number of benzene rings is 1. The van der Waals surface area contributed by atoms with Crippen molar-refractivity contribution in [3.63, 3.8) is 0 Å². The minimum absolute atomic E-state index is 0.105. The third kappa shape index (κ3) is 4.29. The van der Waals surface area contributed by atoms with Crippen molar-refractivity contribution in [1.82, 2.24) is 14.0 Å². The molecule has 0 N–H and O–H groups in total. The van der Waals surface area contributed by atoms with Gasteiger partial charge in [0.2, 0.25) is 0 Å². The number of hydrogen-bond donors (Lipinski definition) is 0. The molecule has 0 saturated carbocycles. The van der Waals surface area contributed by atoms with Crippen molar-refractivity contribution in [1.29, 1.82) is 5.26 Å². The maximum absolute atomic E-state index is 13.2. The van der Waals surface area contributed by atoms with Gasteiger partial charge in [-0.2, -0.15) is 10.3 Å². The lowest BCUT2D eigenvalue weighted by atomic mass is 10.2. The van der Waals surface area contributed by atoms with Gasteiger partial charge in [-0.1, -0.05) is 17.7 Å². The molecule has 0 aliphatic heterocycles. The van der Waals surface area contributed by atoms with Gasteiger partial charge in [-0.3, -0.25) is 14.0 Å². The highest BCUT2D eigenvalue weighted by atomic mass is 35.5. The molecule has 0 bridgehead atoms. The number of carbonyl (C=O) groups is 1. The minimum atomic E-state index is -0.531. The lowest BCUT2D eigenvalue weighted by Crippen LogP contribution is -2.30. The third-order valence-corrected chi connectivity index (χ3v) is 5.51. The van der Waals surface area contributed by atoms with Gasteiger partial charge in [0.1, 0.15) is 17.4 Å². The molecule has 0 atom stereocenters. The Morgan fingerprint density at radius 1 is 1.24 bits per heavy atom. The molecule has 0 aliphatic rings. The van der Waals surface area contributed by atoms with Gasteiger partial charge in [-0.15, -0.1) is 0 Å². The zero-order valence-electron chi connectivity index (χ0n) is 18.1. The van der Waals surface area contributed by atoms with Gasteiger partial charge < -0.3 is 9.30 Å². The number of methoxy groups -OCH3 is 1. The molecule has 0 radical (unpaired) electrons. The van der Waals surface area contributed by atoms with Crippen LogP contribution in [-0.2, 0) is 11.3 Å². The Bertz CT molecular complexity index is 1550. The standard InChI is InChI=1S/C24H20ClN5O3/c1-15-5-3-10-30-20(15)27-22-19(24(30)32)13-17(14-26)21(29(22)11-4-12-33-2)28-23(31)16-6-8-18(25)9-7-16/h3,5-10,13H,4,11-12H2,1-2H3. The van der Waals surface area contributed by atoms with E-state index in [4.69, 9.17) is 21.3 Å². The molecule has 3 aromatic heterocycles.